The van der Waals surface area contributed by atoms with E-state index in [1.165, 1.54) is 39.0 Å². The van der Waals surface area contributed by atoms with Gasteiger partial charge in [0.25, 0.3) is 0 Å². The molecule has 0 saturated carbocycles. The highest BCUT2D eigenvalue weighted by Gasteiger charge is 2.40. The summed E-state index contributed by atoms with van der Waals surface area (Å²) < 4.78 is 27.2. The highest BCUT2D eigenvalue weighted by Crippen LogP contribution is 2.35. The fourth-order valence-electron chi connectivity index (χ4n) is 4.53. The summed E-state index contributed by atoms with van der Waals surface area (Å²) in [6, 6.07) is 6.52. The first-order valence-electron chi connectivity index (χ1n) is 9.76. The maximum atomic E-state index is 12.8. The van der Waals surface area contributed by atoms with Crippen molar-refractivity contribution in [1.82, 2.24) is 14.5 Å². The highest BCUT2D eigenvalue weighted by molar-refractivity contribution is 7.89. The SMILES string of the molecule is Nc1ccc(S(=O)(=O)N2CCC(CN3CCC4(CC3)CNC4)CC2)cc1. The molecule has 3 saturated heterocycles. The summed E-state index contributed by atoms with van der Waals surface area (Å²) in [4.78, 5) is 2.94. The van der Waals surface area contributed by atoms with Gasteiger partial charge in [0.1, 0.15) is 0 Å². The molecule has 3 fully saturated rings. The number of piperidine rings is 2. The lowest BCUT2D eigenvalue weighted by Gasteiger charge is -2.49. The quantitative estimate of drug-likeness (QED) is 0.774. The third-order valence-corrected chi connectivity index (χ3v) is 8.44. The van der Waals surface area contributed by atoms with Gasteiger partial charge in [-0.25, -0.2) is 8.42 Å². The number of nitrogens with two attached hydrogens (primary N) is 1. The monoisotopic (exact) mass is 378 g/mol. The van der Waals surface area contributed by atoms with Crippen LogP contribution in [0.3, 0.4) is 0 Å². The molecule has 144 valence electrons. The molecule has 0 radical (unpaired) electrons. The van der Waals surface area contributed by atoms with Crippen molar-refractivity contribution in [2.24, 2.45) is 11.3 Å². The molecule has 0 amide bonds. The largest absolute Gasteiger partial charge is 0.399 e. The Hall–Kier alpha value is -1.15. The van der Waals surface area contributed by atoms with E-state index in [4.69, 9.17) is 5.73 Å². The third-order valence-electron chi connectivity index (χ3n) is 6.52. The Balaban J connectivity index is 1.28. The number of nitrogen functional groups attached to an aromatic ring is 1. The minimum atomic E-state index is -3.39. The van der Waals surface area contributed by atoms with Crippen LogP contribution in [0.5, 0.6) is 0 Å². The van der Waals surface area contributed by atoms with Crippen LogP contribution in [0.15, 0.2) is 29.2 Å². The van der Waals surface area contributed by atoms with E-state index in [1.807, 2.05) is 0 Å². The molecular weight excluding hydrogens is 348 g/mol. The molecule has 0 aromatic heterocycles. The van der Waals surface area contributed by atoms with E-state index in [2.05, 4.69) is 10.2 Å². The maximum Gasteiger partial charge on any atom is 0.243 e. The Morgan fingerprint density at radius 1 is 1.04 bits per heavy atom. The van der Waals surface area contributed by atoms with Crippen LogP contribution in [-0.4, -0.2) is 63.4 Å². The van der Waals surface area contributed by atoms with Gasteiger partial charge in [-0.2, -0.15) is 4.31 Å². The summed E-state index contributed by atoms with van der Waals surface area (Å²) in [6.45, 7) is 7.17. The minimum absolute atomic E-state index is 0.348. The van der Waals surface area contributed by atoms with Gasteiger partial charge < -0.3 is 16.0 Å². The first-order chi connectivity index (χ1) is 12.5. The smallest absolute Gasteiger partial charge is 0.243 e. The zero-order valence-corrected chi connectivity index (χ0v) is 16.2. The molecule has 4 rings (SSSR count). The molecule has 1 aromatic rings. The molecule has 26 heavy (non-hydrogen) atoms. The van der Waals surface area contributed by atoms with Crippen molar-refractivity contribution in [2.75, 3.05) is 51.5 Å². The molecule has 3 heterocycles. The molecule has 6 nitrogen and oxygen atoms in total. The van der Waals surface area contributed by atoms with Gasteiger partial charge >= 0.3 is 0 Å². The normalized spacial score (nSPS) is 25.2. The lowest BCUT2D eigenvalue weighted by molar-refractivity contribution is 0.0440. The van der Waals surface area contributed by atoms with Crippen molar-refractivity contribution in [3.8, 4) is 0 Å². The van der Waals surface area contributed by atoms with Crippen LogP contribution in [0, 0.1) is 11.3 Å². The van der Waals surface area contributed by atoms with E-state index in [0.717, 1.165) is 19.4 Å². The molecule has 3 aliphatic heterocycles. The van der Waals surface area contributed by atoms with Crippen LogP contribution in [0.1, 0.15) is 25.7 Å². The van der Waals surface area contributed by atoms with Gasteiger partial charge in [0.05, 0.1) is 4.90 Å². The highest BCUT2D eigenvalue weighted by atomic mass is 32.2. The van der Waals surface area contributed by atoms with Crippen LogP contribution in [0.25, 0.3) is 0 Å². The number of rotatable bonds is 4. The zero-order valence-electron chi connectivity index (χ0n) is 15.4. The van der Waals surface area contributed by atoms with E-state index >= 15 is 0 Å². The first kappa shape index (κ1) is 18.2. The Bertz CT molecular complexity index is 712. The molecule has 0 bridgehead atoms. The second kappa shape index (κ2) is 7.11. The molecule has 1 aromatic carbocycles. The lowest BCUT2D eigenvalue weighted by atomic mass is 9.73. The van der Waals surface area contributed by atoms with Gasteiger partial charge in [-0.05, 0) is 74.4 Å². The van der Waals surface area contributed by atoms with Gasteiger partial charge in [0, 0.05) is 38.4 Å². The Morgan fingerprint density at radius 3 is 2.19 bits per heavy atom. The molecule has 7 heteroatoms. The predicted octanol–water partition coefficient (Wildman–Crippen LogP) is 1.35. The summed E-state index contributed by atoms with van der Waals surface area (Å²) in [7, 11) is -3.39. The summed E-state index contributed by atoms with van der Waals surface area (Å²) in [6.07, 6.45) is 4.53. The Labute approximate surface area is 156 Å². The number of benzene rings is 1. The molecule has 0 atom stereocenters. The molecule has 0 unspecified atom stereocenters. The van der Waals surface area contributed by atoms with Crippen molar-refractivity contribution in [3.63, 3.8) is 0 Å². The van der Waals surface area contributed by atoms with Crippen molar-refractivity contribution < 1.29 is 8.42 Å². The van der Waals surface area contributed by atoms with Crippen LogP contribution in [-0.2, 0) is 10.0 Å². The fourth-order valence-corrected chi connectivity index (χ4v) is 6.00. The standard InChI is InChI=1S/C19H30N4O2S/c20-17-1-3-18(4-2-17)26(24,25)23-9-5-16(6-10-23)13-22-11-7-19(8-12-22)14-21-15-19/h1-4,16,21H,5-15,20H2. The van der Waals surface area contributed by atoms with E-state index in [-0.39, 0.29) is 0 Å². The second-order valence-corrected chi connectivity index (χ2v) is 10.3. The summed E-state index contributed by atoms with van der Waals surface area (Å²) in [5.41, 5.74) is 6.85. The average molecular weight is 379 g/mol. The number of sulfonamides is 1. The minimum Gasteiger partial charge on any atom is -0.399 e. The summed E-state index contributed by atoms with van der Waals surface area (Å²) in [5, 5.41) is 3.42. The predicted molar refractivity (Wildman–Crippen MR) is 103 cm³/mol. The lowest BCUT2D eigenvalue weighted by Crippen LogP contribution is -2.58. The molecule has 3 N–H and O–H groups in total. The van der Waals surface area contributed by atoms with Crippen LogP contribution in [0.2, 0.25) is 0 Å². The van der Waals surface area contributed by atoms with Gasteiger partial charge in [0.15, 0.2) is 0 Å². The Kier molecular flexibility index (Phi) is 4.98. The number of nitrogens with zero attached hydrogens (tertiary/aromatic N) is 2. The molecule has 3 aliphatic rings. The van der Waals surface area contributed by atoms with Crippen LogP contribution in [0.4, 0.5) is 5.69 Å². The molecule has 0 aliphatic carbocycles. The van der Waals surface area contributed by atoms with Crippen LogP contribution >= 0.6 is 0 Å². The number of hydrogen-bond acceptors (Lipinski definition) is 5. The summed E-state index contributed by atoms with van der Waals surface area (Å²) >= 11 is 0. The second-order valence-electron chi connectivity index (χ2n) is 8.32. The molecule has 1 spiro atoms. The van der Waals surface area contributed by atoms with Gasteiger partial charge in [0.2, 0.25) is 10.0 Å². The fraction of sp³-hybridized carbons (Fsp3) is 0.684. The number of nitrogens with one attached hydrogen (secondary N) is 1. The topological polar surface area (TPSA) is 78.7 Å². The van der Waals surface area contributed by atoms with E-state index in [1.54, 1.807) is 28.6 Å². The van der Waals surface area contributed by atoms with E-state index in [9.17, 15) is 8.42 Å². The average Bonchev–Trinajstić information content (AvgIpc) is 2.62. The number of hydrogen-bond donors (Lipinski definition) is 2. The number of anilines is 1. The molecular formula is C19H30N4O2S. The zero-order chi connectivity index (χ0) is 18.2. The van der Waals surface area contributed by atoms with Gasteiger partial charge in [-0.3, -0.25) is 0 Å². The third kappa shape index (κ3) is 3.63. The number of likely N-dealkylation sites (tertiary alicyclic amines) is 1. The first-order valence-corrected chi connectivity index (χ1v) is 11.2. The van der Waals surface area contributed by atoms with Gasteiger partial charge in [-0.1, -0.05) is 0 Å². The van der Waals surface area contributed by atoms with Crippen molar-refractivity contribution >= 4 is 15.7 Å². The van der Waals surface area contributed by atoms with Crippen molar-refractivity contribution in [1.29, 1.82) is 0 Å². The van der Waals surface area contributed by atoms with E-state index < -0.39 is 10.0 Å². The van der Waals surface area contributed by atoms with Crippen molar-refractivity contribution in [2.45, 2.75) is 30.6 Å². The maximum absolute atomic E-state index is 12.8. The van der Waals surface area contributed by atoms with Gasteiger partial charge in [-0.15, -0.1) is 0 Å². The summed E-state index contributed by atoms with van der Waals surface area (Å²) in [5.74, 6) is 0.612. The van der Waals surface area contributed by atoms with Crippen molar-refractivity contribution in [3.05, 3.63) is 24.3 Å². The van der Waals surface area contributed by atoms with E-state index in [0.29, 0.717) is 35.0 Å². The van der Waals surface area contributed by atoms with Crippen LogP contribution < -0.4 is 11.1 Å². The Morgan fingerprint density at radius 2 is 1.65 bits per heavy atom.